The molecule has 1 aliphatic rings. The highest BCUT2D eigenvalue weighted by Crippen LogP contribution is 2.25. The molecule has 2 aromatic carbocycles. The number of hydrogen-bond acceptors (Lipinski definition) is 5. The van der Waals surface area contributed by atoms with Crippen molar-refractivity contribution in [3.63, 3.8) is 0 Å². The molecule has 4 rings (SSSR count). The number of likely N-dealkylation sites (tertiary alicyclic amines) is 1. The molecule has 6 nitrogen and oxygen atoms in total. The Kier molecular flexibility index (Phi) is 6.90. The second-order valence-corrected chi connectivity index (χ2v) is 8.53. The number of rotatable bonds is 7. The fraction of sp³-hybridized carbons (Fsp3) is 0.385. The van der Waals surface area contributed by atoms with E-state index in [0.29, 0.717) is 19.0 Å². The lowest BCUT2D eigenvalue weighted by molar-refractivity contribution is -0.127. The van der Waals surface area contributed by atoms with Crippen LogP contribution in [0.25, 0.3) is 11.5 Å². The summed E-state index contributed by atoms with van der Waals surface area (Å²) in [5, 5.41) is 3.09. The fourth-order valence-electron chi connectivity index (χ4n) is 4.18. The van der Waals surface area contributed by atoms with E-state index in [2.05, 4.69) is 29.3 Å². The third-order valence-electron chi connectivity index (χ3n) is 6.03. The number of carbonyl (C=O) groups is 1. The van der Waals surface area contributed by atoms with Crippen molar-refractivity contribution in [2.75, 3.05) is 20.2 Å². The molecule has 6 heteroatoms. The minimum absolute atomic E-state index is 0.00884. The number of ether oxygens (including phenoxy) is 1. The van der Waals surface area contributed by atoms with Crippen LogP contribution in [-0.4, -0.2) is 36.0 Å². The first kappa shape index (κ1) is 22.1. The fourth-order valence-corrected chi connectivity index (χ4v) is 4.18. The molecule has 1 fully saturated rings. The molecule has 1 atom stereocenters. The molecule has 0 radical (unpaired) electrons. The topological polar surface area (TPSA) is 67.6 Å². The quantitative estimate of drug-likeness (QED) is 0.594. The van der Waals surface area contributed by atoms with E-state index in [0.717, 1.165) is 54.3 Å². The van der Waals surface area contributed by atoms with Gasteiger partial charge in [0, 0.05) is 25.2 Å². The first-order valence-electron chi connectivity index (χ1n) is 11.2. The molecule has 32 heavy (non-hydrogen) atoms. The molecule has 0 saturated carbocycles. The first-order valence-corrected chi connectivity index (χ1v) is 11.2. The predicted octanol–water partition coefficient (Wildman–Crippen LogP) is 4.50. The summed E-state index contributed by atoms with van der Waals surface area (Å²) in [5.74, 6) is 2.42. The maximum atomic E-state index is 12.8. The van der Waals surface area contributed by atoms with Gasteiger partial charge in [-0.3, -0.25) is 9.69 Å². The van der Waals surface area contributed by atoms with Crippen molar-refractivity contribution < 1.29 is 13.9 Å². The molecule has 168 valence electrons. The summed E-state index contributed by atoms with van der Waals surface area (Å²) >= 11 is 0. The smallest absolute Gasteiger partial charge is 0.226 e. The molecule has 1 aromatic heterocycles. The number of piperidine rings is 1. The summed E-state index contributed by atoms with van der Waals surface area (Å²) in [6, 6.07) is 16.0. The van der Waals surface area contributed by atoms with Crippen LogP contribution in [0.1, 0.15) is 35.4 Å². The van der Waals surface area contributed by atoms with Crippen LogP contribution in [0.15, 0.2) is 52.9 Å². The van der Waals surface area contributed by atoms with E-state index in [1.807, 2.05) is 43.3 Å². The molecule has 0 aliphatic carbocycles. The van der Waals surface area contributed by atoms with Crippen LogP contribution in [0, 0.1) is 19.8 Å². The predicted molar refractivity (Wildman–Crippen MR) is 124 cm³/mol. The minimum atomic E-state index is -0.00884. The van der Waals surface area contributed by atoms with Gasteiger partial charge >= 0.3 is 0 Å². The molecule has 0 bridgehead atoms. The van der Waals surface area contributed by atoms with Crippen LogP contribution in [0.5, 0.6) is 5.75 Å². The van der Waals surface area contributed by atoms with Crippen molar-refractivity contribution >= 4 is 5.91 Å². The Morgan fingerprint density at radius 2 is 2.03 bits per heavy atom. The highest BCUT2D eigenvalue weighted by Gasteiger charge is 2.27. The highest BCUT2D eigenvalue weighted by molar-refractivity contribution is 5.79. The Hall–Kier alpha value is -3.12. The SMILES string of the molecule is COc1ccc(CNC(=O)[C@@H]2CCCN(Cc3nc(-c4cccc(C)c4)oc3C)C2)cc1. The maximum absolute atomic E-state index is 12.8. The number of methoxy groups -OCH3 is 1. The van der Waals surface area contributed by atoms with Crippen molar-refractivity contribution in [3.8, 4) is 17.2 Å². The Labute approximate surface area is 189 Å². The molecule has 0 unspecified atom stereocenters. The van der Waals surface area contributed by atoms with Crippen molar-refractivity contribution in [1.82, 2.24) is 15.2 Å². The summed E-state index contributed by atoms with van der Waals surface area (Å²) in [6.07, 6.45) is 1.92. The maximum Gasteiger partial charge on any atom is 0.226 e. The van der Waals surface area contributed by atoms with E-state index in [1.165, 1.54) is 5.56 Å². The molecule has 1 N–H and O–H groups in total. The highest BCUT2D eigenvalue weighted by atomic mass is 16.5. The Morgan fingerprint density at radius 3 is 2.78 bits per heavy atom. The summed E-state index contributed by atoms with van der Waals surface area (Å²) in [7, 11) is 1.65. The van der Waals surface area contributed by atoms with Gasteiger partial charge in [0.05, 0.1) is 18.7 Å². The van der Waals surface area contributed by atoms with Crippen LogP contribution < -0.4 is 10.1 Å². The molecular formula is C26H31N3O3. The number of aryl methyl sites for hydroxylation is 2. The number of oxazole rings is 1. The van der Waals surface area contributed by atoms with Crippen LogP contribution >= 0.6 is 0 Å². The zero-order chi connectivity index (χ0) is 22.5. The molecule has 1 amide bonds. The lowest BCUT2D eigenvalue weighted by atomic mass is 9.97. The minimum Gasteiger partial charge on any atom is -0.497 e. The van der Waals surface area contributed by atoms with Gasteiger partial charge in [-0.1, -0.05) is 29.8 Å². The number of amides is 1. The van der Waals surface area contributed by atoms with Gasteiger partial charge in [-0.25, -0.2) is 4.98 Å². The second kappa shape index (κ2) is 10.0. The third-order valence-corrected chi connectivity index (χ3v) is 6.03. The van der Waals surface area contributed by atoms with Gasteiger partial charge in [0.1, 0.15) is 11.5 Å². The van der Waals surface area contributed by atoms with Crippen LogP contribution in [-0.2, 0) is 17.9 Å². The van der Waals surface area contributed by atoms with Gasteiger partial charge in [0.2, 0.25) is 11.8 Å². The van der Waals surface area contributed by atoms with Crippen LogP contribution in [0.2, 0.25) is 0 Å². The zero-order valence-corrected chi connectivity index (χ0v) is 19.1. The monoisotopic (exact) mass is 433 g/mol. The van der Waals surface area contributed by atoms with Crippen LogP contribution in [0.4, 0.5) is 0 Å². The summed E-state index contributed by atoms with van der Waals surface area (Å²) in [5.41, 5.74) is 4.18. The van der Waals surface area contributed by atoms with Crippen molar-refractivity contribution in [3.05, 3.63) is 71.1 Å². The standard InChI is InChI=1S/C26H31N3O3/c1-18-6-4-7-21(14-18)26-28-24(19(2)32-26)17-29-13-5-8-22(16-29)25(30)27-15-20-9-11-23(31-3)12-10-20/h4,6-7,9-12,14,22H,5,8,13,15-17H2,1-3H3,(H,27,30)/t22-/m1/s1. The van der Waals surface area contributed by atoms with Gasteiger partial charge < -0.3 is 14.5 Å². The number of nitrogens with one attached hydrogen (secondary N) is 1. The molecule has 2 heterocycles. The lowest BCUT2D eigenvalue weighted by Gasteiger charge is -2.31. The number of hydrogen-bond donors (Lipinski definition) is 1. The molecule has 0 spiro atoms. The first-order chi connectivity index (χ1) is 15.5. The zero-order valence-electron chi connectivity index (χ0n) is 19.1. The summed E-state index contributed by atoms with van der Waals surface area (Å²) in [6.45, 7) is 6.96. The molecular weight excluding hydrogens is 402 g/mol. The Balaban J connectivity index is 1.34. The normalized spacial score (nSPS) is 16.7. The molecule has 3 aromatic rings. The van der Waals surface area contributed by atoms with Gasteiger partial charge in [0.25, 0.3) is 0 Å². The van der Waals surface area contributed by atoms with Gasteiger partial charge in [0.15, 0.2) is 0 Å². The average Bonchev–Trinajstić information content (AvgIpc) is 3.18. The van der Waals surface area contributed by atoms with E-state index >= 15 is 0 Å². The van der Waals surface area contributed by atoms with E-state index in [-0.39, 0.29) is 11.8 Å². The molecule has 1 aliphatic heterocycles. The average molecular weight is 434 g/mol. The summed E-state index contributed by atoms with van der Waals surface area (Å²) < 4.78 is 11.1. The van der Waals surface area contributed by atoms with Crippen molar-refractivity contribution in [2.24, 2.45) is 5.92 Å². The van der Waals surface area contributed by atoms with Crippen LogP contribution in [0.3, 0.4) is 0 Å². The Morgan fingerprint density at radius 1 is 1.22 bits per heavy atom. The van der Waals surface area contributed by atoms with Crippen molar-refractivity contribution in [2.45, 2.75) is 39.8 Å². The van der Waals surface area contributed by atoms with E-state index < -0.39 is 0 Å². The summed E-state index contributed by atoms with van der Waals surface area (Å²) in [4.78, 5) is 19.9. The third kappa shape index (κ3) is 5.37. The number of aromatic nitrogens is 1. The molecule has 1 saturated heterocycles. The number of benzene rings is 2. The second-order valence-electron chi connectivity index (χ2n) is 8.53. The lowest BCUT2D eigenvalue weighted by Crippen LogP contribution is -2.42. The van der Waals surface area contributed by atoms with Gasteiger partial charge in [-0.2, -0.15) is 0 Å². The van der Waals surface area contributed by atoms with Crippen molar-refractivity contribution in [1.29, 1.82) is 0 Å². The van der Waals surface area contributed by atoms with Gasteiger partial charge in [-0.05, 0) is 63.1 Å². The van der Waals surface area contributed by atoms with Gasteiger partial charge in [-0.15, -0.1) is 0 Å². The number of nitrogens with zero attached hydrogens (tertiary/aromatic N) is 2. The van der Waals surface area contributed by atoms with E-state index in [1.54, 1.807) is 7.11 Å². The van der Waals surface area contributed by atoms with E-state index in [4.69, 9.17) is 14.1 Å². The number of carbonyl (C=O) groups excluding carboxylic acids is 1. The van der Waals surface area contributed by atoms with E-state index in [9.17, 15) is 4.79 Å². The Bertz CT molecular complexity index is 1060. The largest absolute Gasteiger partial charge is 0.497 e.